The Balaban J connectivity index is 1.27. The summed E-state index contributed by atoms with van der Waals surface area (Å²) in [6, 6.07) is 19.0. The molecule has 7 heteroatoms. The van der Waals surface area contributed by atoms with E-state index in [0.29, 0.717) is 29.8 Å². The summed E-state index contributed by atoms with van der Waals surface area (Å²) in [6.45, 7) is 0.305. The van der Waals surface area contributed by atoms with E-state index in [1.165, 1.54) is 0 Å². The fourth-order valence-corrected chi connectivity index (χ4v) is 3.91. The van der Waals surface area contributed by atoms with Gasteiger partial charge in [0, 0.05) is 46.3 Å². The number of fused-ring (bicyclic) bond motifs is 2. The van der Waals surface area contributed by atoms with Gasteiger partial charge in [-0.2, -0.15) is 0 Å². The van der Waals surface area contributed by atoms with Crippen molar-refractivity contribution in [2.75, 3.05) is 11.9 Å². The monoisotopic (exact) mass is 438 g/mol. The number of aromatic nitrogens is 3. The normalized spacial score (nSPS) is 11.0. The van der Waals surface area contributed by atoms with Crippen molar-refractivity contribution >= 4 is 33.6 Å². The Morgan fingerprint density at radius 1 is 1.00 bits per heavy atom. The molecule has 33 heavy (non-hydrogen) atoms. The Morgan fingerprint density at radius 3 is 2.79 bits per heavy atom. The van der Waals surface area contributed by atoms with E-state index >= 15 is 0 Å². The summed E-state index contributed by atoms with van der Waals surface area (Å²) in [6.07, 6.45) is 6.35. The molecule has 0 saturated heterocycles. The maximum absolute atomic E-state index is 12.8. The van der Waals surface area contributed by atoms with Crippen LogP contribution in [-0.2, 0) is 11.2 Å². The van der Waals surface area contributed by atoms with E-state index in [4.69, 9.17) is 4.74 Å². The SMILES string of the molecule is O=C(Nc1ccc2cc(-c3c[nH]c4ccccc34)c(=O)[nH]c2c1)OCCCc1cccnc1. The number of hydrogen-bond donors (Lipinski definition) is 3. The number of pyridine rings is 2. The largest absolute Gasteiger partial charge is 0.449 e. The summed E-state index contributed by atoms with van der Waals surface area (Å²) in [4.78, 5) is 35.2. The minimum Gasteiger partial charge on any atom is -0.449 e. The van der Waals surface area contributed by atoms with Gasteiger partial charge < -0.3 is 14.7 Å². The summed E-state index contributed by atoms with van der Waals surface area (Å²) in [5.74, 6) is 0. The number of carbonyl (C=O) groups excluding carboxylic acids is 1. The van der Waals surface area contributed by atoms with Crippen LogP contribution in [0.2, 0.25) is 0 Å². The van der Waals surface area contributed by atoms with Gasteiger partial charge in [0.25, 0.3) is 5.56 Å². The number of ether oxygens (including phenoxy) is 1. The van der Waals surface area contributed by atoms with Crippen LogP contribution in [0.3, 0.4) is 0 Å². The number of nitrogens with zero attached hydrogens (tertiary/aromatic N) is 1. The number of carbonyl (C=O) groups is 1. The van der Waals surface area contributed by atoms with Gasteiger partial charge in [0.2, 0.25) is 0 Å². The highest BCUT2D eigenvalue weighted by Gasteiger charge is 2.11. The molecule has 5 rings (SSSR count). The van der Waals surface area contributed by atoms with Crippen molar-refractivity contribution < 1.29 is 9.53 Å². The third-order valence-corrected chi connectivity index (χ3v) is 5.54. The summed E-state index contributed by atoms with van der Waals surface area (Å²) in [7, 11) is 0. The fraction of sp³-hybridized carbons (Fsp3) is 0.115. The first-order chi connectivity index (χ1) is 16.2. The Bertz CT molecular complexity index is 1490. The number of H-pyrrole nitrogens is 2. The van der Waals surface area contributed by atoms with E-state index in [0.717, 1.165) is 33.8 Å². The van der Waals surface area contributed by atoms with Crippen molar-refractivity contribution in [3.8, 4) is 11.1 Å². The second kappa shape index (κ2) is 9.00. The van der Waals surface area contributed by atoms with Crippen LogP contribution in [0.5, 0.6) is 0 Å². The standard InChI is InChI=1S/C26H22N4O3/c31-25-21(22-16-28-23-8-2-1-7-20(22)23)13-18-9-10-19(14-24(18)30-25)29-26(32)33-12-4-6-17-5-3-11-27-15-17/h1-3,5,7-11,13-16,28H,4,6,12H2,(H,29,32)(H,30,31). The number of benzene rings is 2. The molecule has 0 atom stereocenters. The van der Waals surface area contributed by atoms with Crippen LogP contribution >= 0.6 is 0 Å². The molecular weight excluding hydrogens is 416 g/mol. The average molecular weight is 438 g/mol. The molecule has 0 unspecified atom stereocenters. The molecule has 0 bridgehead atoms. The minimum atomic E-state index is -0.529. The first-order valence-corrected chi connectivity index (χ1v) is 10.7. The quantitative estimate of drug-likeness (QED) is 0.315. The van der Waals surface area contributed by atoms with Crippen LogP contribution in [0.25, 0.3) is 32.9 Å². The predicted octanol–water partition coefficient (Wildman–Crippen LogP) is 5.25. The lowest BCUT2D eigenvalue weighted by Crippen LogP contribution is -2.15. The molecule has 1 amide bonds. The first kappa shape index (κ1) is 20.5. The van der Waals surface area contributed by atoms with Gasteiger partial charge in [0.05, 0.1) is 12.1 Å². The van der Waals surface area contributed by atoms with E-state index in [-0.39, 0.29) is 5.56 Å². The fourth-order valence-electron chi connectivity index (χ4n) is 3.91. The maximum Gasteiger partial charge on any atom is 0.411 e. The number of nitrogens with one attached hydrogen (secondary N) is 3. The summed E-state index contributed by atoms with van der Waals surface area (Å²) >= 11 is 0. The molecule has 0 radical (unpaired) electrons. The molecule has 0 fully saturated rings. The lowest BCUT2D eigenvalue weighted by molar-refractivity contribution is 0.160. The van der Waals surface area contributed by atoms with Crippen molar-refractivity contribution in [1.82, 2.24) is 15.0 Å². The number of rotatable bonds is 6. The van der Waals surface area contributed by atoms with Gasteiger partial charge in [-0.1, -0.05) is 30.3 Å². The third kappa shape index (κ3) is 4.48. The molecule has 5 aromatic rings. The van der Waals surface area contributed by atoms with Gasteiger partial charge >= 0.3 is 6.09 Å². The highest BCUT2D eigenvalue weighted by Crippen LogP contribution is 2.28. The molecule has 3 N–H and O–H groups in total. The second-order valence-electron chi connectivity index (χ2n) is 7.79. The van der Waals surface area contributed by atoms with Gasteiger partial charge in [0.1, 0.15) is 0 Å². The second-order valence-corrected chi connectivity index (χ2v) is 7.79. The van der Waals surface area contributed by atoms with Crippen molar-refractivity contribution in [3.63, 3.8) is 0 Å². The molecule has 0 spiro atoms. The van der Waals surface area contributed by atoms with Crippen LogP contribution in [0.1, 0.15) is 12.0 Å². The predicted molar refractivity (Wildman–Crippen MR) is 129 cm³/mol. The van der Waals surface area contributed by atoms with Crippen molar-refractivity contribution in [1.29, 1.82) is 0 Å². The highest BCUT2D eigenvalue weighted by molar-refractivity contribution is 5.98. The molecule has 3 heterocycles. The van der Waals surface area contributed by atoms with Crippen LogP contribution in [-0.4, -0.2) is 27.7 Å². The highest BCUT2D eigenvalue weighted by atomic mass is 16.5. The molecule has 0 aliphatic carbocycles. The Labute approximate surface area is 189 Å². The topological polar surface area (TPSA) is 99.9 Å². The van der Waals surface area contributed by atoms with Crippen LogP contribution in [0, 0.1) is 0 Å². The molecule has 7 nitrogen and oxygen atoms in total. The number of aryl methyl sites for hydroxylation is 1. The molecule has 164 valence electrons. The lowest BCUT2D eigenvalue weighted by atomic mass is 10.0. The number of anilines is 1. The maximum atomic E-state index is 12.8. The van der Waals surface area contributed by atoms with Gasteiger partial charge in [-0.05, 0) is 54.1 Å². The van der Waals surface area contributed by atoms with Gasteiger partial charge in [-0.15, -0.1) is 0 Å². The van der Waals surface area contributed by atoms with Gasteiger partial charge in [-0.3, -0.25) is 15.1 Å². The summed E-state index contributed by atoms with van der Waals surface area (Å²) < 4.78 is 5.27. The molecule has 3 aromatic heterocycles. The smallest absolute Gasteiger partial charge is 0.411 e. The van der Waals surface area contributed by atoms with Crippen LogP contribution in [0.4, 0.5) is 10.5 Å². The van der Waals surface area contributed by atoms with E-state index in [9.17, 15) is 9.59 Å². The molecule has 0 aliphatic heterocycles. The number of aromatic amines is 2. The molecule has 0 saturated carbocycles. The van der Waals surface area contributed by atoms with Crippen LogP contribution < -0.4 is 10.9 Å². The molecular formula is C26H22N4O3. The summed E-state index contributed by atoms with van der Waals surface area (Å²) in [5, 5.41) is 4.58. The number of amides is 1. The number of para-hydroxylation sites is 1. The molecule has 2 aromatic carbocycles. The van der Waals surface area contributed by atoms with Gasteiger partial charge in [0.15, 0.2) is 0 Å². The zero-order valence-electron chi connectivity index (χ0n) is 17.8. The van der Waals surface area contributed by atoms with Crippen LogP contribution in [0.15, 0.2) is 84.0 Å². The Hall–Kier alpha value is -4.39. The Kier molecular flexibility index (Phi) is 5.59. The third-order valence-electron chi connectivity index (χ3n) is 5.54. The zero-order chi connectivity index (χ0) is 22.6. The zero-order valence-corrected chi connectivity index (χ0v) is 17.8. The minimum absolute atomic E-state index is 0.192. The summed E-state index contributed by atoms with van der Waals surface area (Å²) in [5.41, 5.74) is 4.52. The Morgan fingerprint density at radius 2 is 1.91 bits per heavy atom. The number of hydrogen-bond acceptors (Lipinski definition) is 4. The molecule has 0 aliphatic rings. The van der Waals surface area contributed by atoms with E-state index in [1.54, 1.807) is 24.5 Å². The van der Waals surface area contributed by atoms with E-state index in [1.807, 2.05) is 54.7 Å². The van der Waals surface area contributed by atoms with Crippen molar-refractivity contribution in [3.05, 3.63) is 95.2 Å². The lowest BCUT2D eigenvalue weighted by Gasteiger charge is -2.09. The van der Waals surface area contributed by atoms with Gasteiger partial charge in [-0.25, -0.2) is 4.79 Å². The van der Waals surface area contributed by atoms with Crippen molar-refractivity contribution in [2.24, 2.45) is 0 Å². The van der Waals surface area contributed by atoms with Crippen molar-refractivity contribution in [2.45, 2.75) is 12.8 Å². The van der Waals surface area contributed by atoms with E-state index < -0.39 is 6.09 Å². The first-order valence-electron chi connectivity index (χ1n) is 10.7. The van der Waals surface area contributed by atoms with E-state index in [2.05, 4.69) is 20.3 Å². The average Bonchev–Trinajstić information content (AvgIpc) is 3.26.